The largest absolute Gasteiger partial charge is 0.253 e. The molecule has 4 heteroatoms. The summed E-state index contributed by atoms with van der Waals surface area (Å²) in [6.07, 6.45) is 1.77. The van der Waals surface area contributed by atoms with Crippen LogP contribution < -0.4 is 0 Å². The predicted molar refractivity (Wildman–Crippen MR) is 49.0 cm³/mol. The Hall–Kier alpha value is -0.740. The summed E-state index contributed by atoms with van der Waals surface area (Å²) in [4.78, 5) is 7.68. The lowest BCUT2D eigenvalue weighted by molar-refractivity contribution is 1.27. The van der Waals surface area contributed by atoms with Crippen molar-refractivity contribution in [2.24, 2.45) is 0 Å². The molecule has 0 fully saturated rings. The summed E-state index contributed by atoms with van der Waals surface area (Å²) in [6.45, 7) is 1.98. The van der Waals surface area contributed by atoms with Gasteiger partial charge < -0.3 is 0 Å². The molecule has 0 saturated heterocycles. The highest BCUT2D eigenvalue weighted by Gasteiger charge is 1.76. The highest BCUT2D eigenvalue weighted by atomic mass is 32.1. The normalized spacial score (nSPS) is 8.45. The molecule has 0 unspecified atom stereocenters. The fourth-order valence-electron chi connectivity index (χ4n) is 0.449. The quantitative estimate of drug-likeness (QED) is 0.629. The van der Waals surface area contributed by atoms with Gasteiger partial charge in [-0.15, -0.1) is 22.7 Å². The van der Waals surface area contributed by atoms with Crippen molar-refractivity contribution < 1.29 is 0 Å². The zero-order chi connectivity index (χ0) is 7.94. The Balaban J connectivity index is 0.000000112. The van der Waals surface area contributed by atoms with Crippen LogP contribution in [-0.4, -0.2) is 9.97 Å². The summed E-state index contributed by atoms with van der Waals surface area (Å²) in [5.74, 6) is 0. The molecule has 0 amide bonds. The summed E-state index contributed by atoms with van der Waals surface area (Å²) in [7, 11) is 0. The minimum absolute atomic E-state index is 1.11. The second kappa shape index (κ2) is 4.98. The van der Waals surface area contributed by atoms with Crippen molar-refractivity contribution in [2.75, 3.05) is 0 Å². The van der Waals surface area contributed by atoms with Crippen LogP contribution in [0.25, 0.3) is 0 Å². The predicted octanol–water partition coefficient (Wildman–Crippen LogP) is 2.59. The van der Waals surface area contributed by atoms with Crippen molar-refractivity contribution in [1.29, 1.82) is 0 Å². The molecule has 0 spiro atoms. The van der Waals surface area contributed by atoms with Crippen molar-refractivity contribution >= 4 is 22.7 Å². The molecule has 0 aliphatic carbocycles. The topological polar surface area (TPSA) is 25.8 Å². The van der Waals surface area contributed by atoms with E-state index in [0.29, 0.717) is 0 Å². The Morgan fingerprint density at radius 3 is 2.36 bits per heavy atom. The molecule has 11 heavy (non-hydrogen) atoms. The van der Waals surface area contributed by atoms with Crippen LogP contribution in [0.3, 0.4) is 0 Å². The van der Waals surface area contributed by atoms with E-state index in [-0.39, 0.29) is 0 Å². The number of thiazole rings is 2. The standard InChI is InChI=1S/C4H5NS.C3H3NS/c1-4-2-6-3-5-4;1-2-5-3-4-1/h2-3H,1H3;1-3H. The third-order valence-electron chi connectivity index (χ3n) is 0.903. The van der Waals surface area contributed by atoms with E-state index < -0.39 is 0 Å². The van der Waals surface area contributed by atoms with Gasteiger partial charge in [-0.25, -0.2) is 0 Å². The first-order valence-electron chi connectivity index (χ1n) is 3.06. The molecule has 0 saturated carbocycles. The molecule has 0 N–H and O–H groups in total. The van der Waals surface area contributed by atoms with E-state index in [1.54, 1.807) is 34.4 Å². The summed E-state index contributed by atoms with van der Waals surface area (Å²) in [6, 6.07) is 0. The minimum Gasteiger partial charge on any atom is -0.253 e. The monoisotopic (exact) mass is 184 g/mol. The Morgan fingerprint density at radius 2 is 2.18 bits per heavy atom. The van der Waals surface area contributed by atoms with E-state index in [1.165, 1.54) is 0 Å². The SMILES string of the molecule is Cc1cscn1.c1cscn1. The Kier molecular flexibility index (Phi) is 3.79. The van der Waals surface area contributed by atoms with Crippen LogP contribution >= 0.6 is 22.7 Å². The first kappa shape index (κ1) is 8.36. The second-order valence-corrected chi connectivity index (χ2v) is 3.28. The van der Waals surface area contributed by atoms with Crippen LogP contribution in [0.5, 0.6) is 0 Å². The van der Waals surface area contributed by atoms with Crippen LogP contribution in [0.4, 0.5) is 0 Å². The zero-order valence-corrected chi connectivity index (χ0v) is 7.73. The number of rotatable bonds is 0. The molecule has 2 rings (SSSR count). The molecule has 0 aromatic carbocycles. The number of nitrogens with zero attached hydrogens (tertiary/aromatic N) is 2. The van der Waals surface area contributed by atoms with Crippen molar-refractivity contribution in [3.05, 3.63) is 33.7 Å². The molecule has 0 bridgehead atoms. The minimum atomic E-state index is 1.11. The molecule has 0 aliphatic rings. The van der Waals surface area contributed by atoms with Gasteiger partial charge in [0.05, 0.1) is 11.0 Å². The first-order chi connectivity index (χ1) is 5.39. The molecule has 2 nitrogen and oxygen atoms in total. The van der Waals surface area contributed by atoms with Crippen LogP contribution in [-0.2, 0) is 0 Å². The first-order valence-corrected chi connectivity index (χ1v) is 4.95. The van der Waals surface area contributed by atoms with Crippen molar-refractivity contribution in [1.82, 2.24) is 9.97 Å². The molecule has 2 heterocycles. The molecule has 2 aromatic heterocycles. The molecule has 0 aliphatic heterocycles. The van der Waals surface area contributed by atoms with E-state index in [4.69, 9.17) is 0 Å². The fraction of sp³-hybridized carbons (Fsp3) is 0.143. The molecule has 2 aromatic rings. The second-order valence-electron chi connectivity index (χ2n) is 1.81. The maximum atomic E-state index is 3.94. The van der Waals surface area contributed by atoms with Gasteiger partial charge in [-0.3, -0.25) is 9.97 Å². The average molecular weight is 184 g/mol. The summed E-state index contributed by atoms with van der Waals surface area (Å²) in [5, 5.41) is 3.94. The number of aryl methyl sites for hydroxylation is 1. The maximum absolute atomic E-state index is 3.94. The van der Waals surface area contributed by atoms with Crippen LogP contribution in [0.2, 0.25) is 0 Å². The average Bonchev–Trinajstić information content (AvgIpc) is 2.57. The molecule has 0 atom stereocenters. The molecular formula is C7H8N2S2. The van der Waals surface area contributed by atoms with Crippen molar-refractivity contribution in [3.63, 3.8) is 0 Å². The lowest BCUT2D eigenvalue weighted by Gasteiger charge is -1.64. The van der Waals surface area contributed by atoms with Gasteiger partial charge in [0.2, 0.25) is 0 Å². The lowest BCUT2D eigenvalue weighted by Crippen LogP contribution is -1.59. The van der Waals surface area contributed by atoms with Gasteiger partial charge in [0.25, 0.3) is 0 Å². The van der Waals surface area contributed by atoms with Crippen LogP contribution in [0, 0.1) is 6.92 Å². The molecular weight excluding hydrogens is 176 g/mol. The van der Waals surface area contributed by atoms with Gasteiger partial charge >= 0.3 is 0 Å². The van der Waals surface area contributed by atoms with Gasteiger partial charge in [-0.1, -0.05) is 0 Å². The maximum Gasteiger partial charge on any atom is 0.0794 e. The fourth-order valence-corrected chi connectivity index (χ4v) is 1.35. The van der Waals surface area contributed by atoms with Gasteiger partial charge in [0, 0.05) is 22.7 Å². The van der Waals surface area contributed by atoms with E-state index in [9.17, 15) is 0 Å². The summed E-state index contributed by atoms with van der Waals surface area (Å²) < 4.78 is 0. The van der Waals surface area contributed by atoms with Crippen molar-refractivity contribution in [3.8, 4) is 0 Å². The third kappa shape index (κ3) is 3.85. The van der Waals surface area contributed by atoms with Gasteiger partial charge in [0.15, 0.2) is 0 Å². The smallest absolute Gasteiger partial charge is 0.0794 e. The van der Waals surface area contributed by atoms with Gasteiger partial charge in [-0.05, 0) is 6.92 Å². The van der Waals surface area contributed by atoms with E-state index >= 15 is 0 Å². The van der Waals surface area contributed by atoms with Crippen LogP contribution in [0.1, 0.15) is 5.69 Å². The van der Waals surface area contributed by atoms with E-state index in [2.05, 4.69) is 9.97 Å². The van der Waals surface area contributed by atoms with Gasteiger partial charge in [-0.2, -0.15) is 0 Å². The Bertz CT molecular complexity index is 233. The van der Waals surface area contributed by atoms with E-state index in [1.807, 2.05) is 23.2 Å². The van der Waals surface area contributed by atoms with E-state index in [0.717, 1.165) is 5.69 Å². The van der Waals surface area contributed by atoms with Gasteiger partial charge in [0.1, 0.15) is 0 Å². The number of hydrogen-bond donors (Lipinski definition) is 0. The number of hydrogen-bond acceptors (Lipinski definition) is 4. The highest BCUT2D eigenvalue weighted by molar-refractivity contribution is 7.07. The molecule has 0 radical (unpaired) electrons. The Labute approximate surface area is 73.6 Å². The van der Waals surface area contributed by atoms with Crippen molar-refractivity contribution in [2.45, 2.75) is 6.92 Å². The van der Waals surface area contributed by atoms with Crippen LogP contribution in [0.15, 0.2) is 28.0 Å². The summed E-state index contributed by atoms with van der Waals surface area (Å²) >= 11 is 3.23. The Morgan fingerprint density at radius 1 is 1.27 bits per heavy atom. The summed E-state index contributed by atoms with van der Waals surface area (Å²) in [5.41, 5.74) is 4.73. The highest BCUT2D eigenvalue weighted by Crippen LogP contribution is 1.95. The zero-order valence-electron chi connectivity index (χ0n) is 6.10. The lowest BCUT2D eigenvalue weighted by atomic mass is 10.6. The molecule has 58 valence electrons. The number of aromatic nitrogens is 2. The third-order valence-corrected chi connectivity index (χ3v) is 2.13.